The summed E-state index contributed by atoms with van der Waals surface area (Å²) >= 11 is 6.72. The molecule has 14 heavy (non-hydrogen) atoms. The number of hydrazine groups is 1. The Hall–Kier alpha value is -0.590. The second kappa shape index (κ2) is 5.33. The molecule has 0 saturated heterocycles. The maximum Gasteiger partial charge on any atom is 0.333 e. The molecule has 2 amide bonds. The first-order valence-corrected chi connectivity index (χ1v) is 5.71. The molecule has 0 aliphatic rings. The van der Waals surface area contributed by atoms with Gasteiger partial charge in [-0.3, -0.25) is 5.43 Å². The van der Waals surface area contributed by atoms with Gasteiger partial charge in [-0.25, -0.2) is 10.6 Å². The van der Waals surface area contributed by atoms with E-state index in [4.69, 9.17) is 5.84 Å². The van der Waals surface area contributed by atoms with Gasteiger partial charge < -0.3 is 5.32 Å². The fourth-order valence-electron chi connectivity index (χ4n) is 0.970. The maximum atomic E-state index is 11.0. The molecule has 0 atom stereocenters. The van der Waals surface area contributed by atoms with Crippen molar-refractivity contribution in [1.29, 1.82) is 0 Å². The molecule has 0 heterocycles. The molecule has 0 bridgehead atoms. The van der Waals surface area contributed by atoms with Crippen molar-refractivity contribution in [3.05, 3.63) is 28.2 Å². The first-order valence-electron chi connectivity index (χ1n) is 3.80. The van der Waals surface area contributed by atoms with Crippen LogP contribution in [0, 0.1) is 0 Å². The molecule has 0 radical (unpaired) electrons. The summed E-state index contributed by atoms with van der Waals surface area (Å²) in [5.41, 5.74) is 3.69. The molecule has 0 fully saturated rings. The highest BCUT2D eigenvalue weighted by molar-refractivity contribution is 9.10. The fourth-order valence-corrected chi connectivity index (χ4v) is 2.46. The second-order valence-electron chi connectivity index (χ2n) is 2.50. The van der Waals surface area contributed by atoms with Crippen LogP contribution in [0.5, 0.6) is 0 Å². The van der Waals surface area contributed by atoms with E-state index in [0.29, 0.717) is 5.33 Å². The maximum absolute atomic E-state index is 11.0. The van der Waals surface area contributed by atoms with Gasteiger partial charge in [-0.15, -0.1) is 0 Å². The monoisotopic (exact) mass is 321 g/mol. The number of rotatable bonds is 2. The van der Waals surface area contributed by atoms with E-state index in [1.807, 2.05) is 17.6 Å². The molecule has 0 spiro atoms. The van der Waals surface area contributed by atoms with Gasteiger partial charge in [-0.2, -0.15) is 0 Å². The molecular formula is C8H9Br2N3O. The quantitative estimate of drug-likeness (QED) is 0.338. The van der Waals surface area contributed by atoms with E-state index in [-0.39, 0.29) is 0 Å². The lowest BCUT2D eigenvalue weighted by Gasteiger charge is -2.09. The van der Waals surface area contributed by atoms with Gasteiger partial charge in [0.25, 0.3) is 0 Å². The van der Waals surface area contributed by atoms with E-state index in [2.05, 4.69) is 37.2 Å². The van der Waals surface area contributed by atoms with E-state index < -0.39 is 6.03 Å². The molecule has 4 N–H and O–H groups in total. The molecule has 0 aliphatic heterocycles. The van der Waals surface area contributed by atoms with Gasteiger partial charge in [0.05, 0.1) is 0 Å². The van der Waals surface area contributed by atoms with Crippen molar-refractivity contribution >= 4 is 43.6 Å². The number of nitrogens with one attached hydrogen (secondary N) is 2. The van der Waals surface area contributed by atoms with E-state index >= 15 is 0 Å². The number of nitrogens with two attached hydrogens (primary N) is 1. The molecule has 1 aromatic carbocycles. The number of alkyl halides is 1. The lowest BCUT2D eigenvalue weighted by molar-refractivity contribution is 0.252. The van der Waals surface area contributed by atoms with Crippen LogP contribution in [0.2, 0.25) is 0 Å². The van der Waals surface area contributed by atoms with Gasteiger partial charge in [0.1, 0.15) is 0 Å². The van der Waals surface area contributed by atoms with Gasteiger partial charge in [0.2, 0.25) is 0 Å². The smallest absolute Gasteiger partial charge is 0.307 e. The topological polar surface area (TPSA) is 67.1 Å². The molecule has 1 aromatic rings. The van der Waals surface area contributed by atoms with Crippen molar-refractivity contribution in [2.75, 3.05) is 5.32 Å². The zero-order valence-electron chi connectivity index (χ0n) is 7.18. The second-order valence-corrected chi connectivity index (χ2v) is 3.91. The Morgan fingerprint density at radius 2 is 2.21 bits per heavy atom. The van der Waals surface area contributed by atoms with Crippen LogP contribution < -0.4 is 16.6 Å². The molecule has 76 valence electrons. The van der Waals surface area contributed by atoms with Gasteiger partial charge in [-0.05, 0) is 12.1 Å². The number of anilines is 1. The SMILES string of the molecule is NNC(=O)Nc1cccc(Br)c1CBr. The molecule has 0 aliphatic carbocycles. The Labute approximate surface area is 98.5 Å². The summed E-state index contributed by atoms with van der Waals surface area (Å²) < 4.78 is 0.934. The first kappa shape index (κ1) is 11.5. The lowest BCUT2D eigenvalue weighted by atomic mass is 10.2. The Morgan fingerprint density at radius 3 is 2.79 bits per heavy atom. The van der Waals surface area contributed by atoms with Crippen LogP contribution in [0.4, 0.5) is 10.5 Å². The van der Waals surface area contributed by atoms with Gasteiger partial charge >= 0.3 is 6.03 Å². The normalized spacial score (nSPS) is 9.64. The van der Waals surface area contributed by atoms with Crippen LogP contribution in [0.15, 0.2) is 22.7 Å². The summed E-state index contributed by atoms with van der Waals surface area (Å²) in [6.45, 7) is 0. The summed E-state index contributed by atoms with van der Waals surface area (Å²) in [7, 11) is 0. The van der Waals surface area contributed by atoms with Crippen molar-refractivity contribution in [3.8, 4) is 0 Å². The van der Waals surface area contributed by atoms with Crippen LogP contribution in [0.3, 0.4) is 0 Å². The summed E-state index contributed by atoms with van der Waals surface area (Å²) in [6, 6.07) is 5.10. The predicted molar refractivity (Wildman–Crippen MR) is 63.1 cm³/mol. The Bertz CT molecular complexity index is 343. The molecule has 0 unspecified atom stereocenters. The summed E-state index contributed by atoms with van der Waals surface area (Å²) in [5, 5.41) is 3.26. The third-order valence-electron chi connectivity index (χ3n) is 1.63. The minimum Gasteiger partial charge on any atom is -0.307 e. The van der Waals surface area contributed by atoms with E-state index in [9.17, 15) is 4.79 Å². The van der Waals surface area contributed by atoms with Gasteiger partial charge in [0.15, 0.2) is 0 Å². The average Bonchev–Trinajstić information content (AvgIpc) is 2.18. The van der Waals surface area contributed by atoms with Crippen LogP contribution in [-0.2, 0) is 5.33 Å². The Kier molecular flexibility index (Phi) is 4.37. The predicted octanol–water partition coefficient (Wildman–Crippen LogP) is 2.34. The van der Waals surface area contributed by atoms with Crippen molar-refractivity contribution in [2.45, 2.75) is 5.33 Å². The van der Waals surface area contributed by atoms with Gasteiger partial charge in [0, 0.05) is 21.1 Å². The number of hydrogen-bond acceptors (Lipinski definition) is 2. The third-order valence-corrected chi connectivity index (χ3v) is 2.94. The van der Waals surface area contributed by atoms with E-state index in [0.717, 1.165) is 15.7 Å². The lowest BCUT2D eigenvalue weighted by Crippen LogP contribution is -2.34. The average molecular weight is 323 g/mol. The number of carbonyl (C=O) groups is 1. The largest absolute Gasteiger partial charge is 0.333 e. The van der Waals surface area contributed by atoms with Crippen molar-refractivity contribution in [3.63, 3.8) is 0 Å². The zero-order valence-corrected chi connectivity index (χ0v) is 10.4. The summed E-state index contributed by atoms with van der Waals surface area (Å²) in [5.74, 6) is 4.96. The van der Waals surface area contributed by atoms with Gasteiger partial charge in [-0.1, -0.05) is 37.9 Å². The number of carbonyl (C=O) groups excluding carboxylic acids is 1. The number of amides is 2. The van der Waals surface area contributed by atoms with Crippen LogP contribution in [0.1, 0.15) is 5.56 Å². The first-order chi connectivity index (χ1) is 6.69. The molecule has 4 nitrogen and oxygen atoms in total. The fraction of sp³-hybridized carbons (Fsp3) is 0.125. The molecule has 0 saturated carbocycles. The van der Waals surface area contributed by atoms with Crippen molar-refractivity contribution < 1.29 is 4.79 Å². The standard InChI is InChI=1S/C8H9Br2N3O/c9-4-5-6(10)2-1-3-7(5)12-8(14)13-11/h1-3H,4,11H2,(H2,12,13,14). The minimum atomic E-state index is -0.440. The van der Waals surface area contributed by atoms with Crippen LogP contribution >= 0.6 is 31.9 Å². The highest BCUT2D eigenvalue weighted by Crippen LogP contribution is 2.26. The minimum absolute atomic E-state index is 0.440. The third kappa shape index (κ3) is 2.70. The highest BCUT2D eigenvalue weighted by Gasteiger charge is 2.07. The number of hydrogen-bond donors (Lipinski definition) is 3. The Balaban J connectivity index is 2.96. The van der Waals surface area contributed by atoms with E-state index in [1.54, 1.807) is 6.07 Å². The van der Waals surface area contributed by atoms with Crippen LogP contribution in [0.25, 0.3) is 0 Å². The van der Waals surface area contributed by atoms with E-state index in [1.165, 1.54) is 0 Å². The summed E-state index contributed by atoms with van der Waals surface area (Å²) in [4.78, 5) is 11.0. The number of halogens is 2. The summed E-state index contributed by atoms with van der Waals surface area (Å²) in [6.07, 6.45) is 0. The zero-order chi connectivity index (χ0) is 10.6. The molecule has 1 rings (SSSR count). The molecule has 6 heteroatoms. The highest BCUT2D eigenvalue weighted by atomic mass is 79.9. The Morgan fingerprint density at radius 1 is 1.50 bits per heavy atom. The molecular weight excluding hydrogens is 314 g/mol. The number of benzene rings is 1. The van der Waals surface area contributed by atoms with Crippen LogP contribution in [-0.4, -0.2) is 6.03 Å². The van der Waals surface area contributed by atoms with Crippen molar-refractivity contribution in [2.24, 2.45) is 5.84 Å². The van der Waals surface area contributed by atoms with Crippen molar-refractivity contribution in [1.82, 2.24) is 5.43 Å². The molecule has 0 aromatic heterocycles. The number of urea groups is 1.